The van der Waals surface area contributed by atoms with Crippen LogP contribution in [0.4, 0.5) is 13.2 Å². The van der Waals surface area contributed by atoms with E-state index in [2.05, 4.69) is 15.6 Å². The zero-order valence-electron chi connectivity index (χ0n) is 19.3. The number of benzene rings is 2. The third-order valence-electron chi connectivity index (χ3n) is 5.68. The van der Waals surface area contributed by atoms with Crippen molar-refractivity contribution in [1.29, 1.82) is 0 Å². The van der Waals surface area contributed by atoms with Crippen molar-refractivity contribution in [2.45, 2.75) is 38.0 Å². The molecule has 0 fully saturated rings. The molecule has 5 nitrogen and oxygen atoms in total. The summed E-state index contributed by atoms with van der Waals surface area (Å²) in [5.74, 6) is 0.531. The maximum Gasteiger partial charge on any atom is 0.433 e. The Morgan fingerprint density at radius 1 is 1.06 bits per heavy atom. The predicted molar refractivity (Wildman–Crippen MR) is 124 cm³/mol. The molecule has 0 spiro atoms. The summed E-state index contributed by atoms with van der Waals surface area (Å²) in [7, 11) is 3.18. The number of amides is 1. The Morgan fingerprint density at radius 2 is 1.79 bits per heavy atom. The molecule has 0 bridgehead atoms. The number of aryl methyl sites for hydroxylation is 2. The van der Waals surface area contributed by atoms with Crippen LogP contribution in [0.5, 0.6) is 5.75 Å². The van der Waals surface area contributed by atoms with Crippen LogP contribution in [0.3, 0.4) is 0 Å². The Bertz CT molecular complexity index is 1090. The van der Waals surface area contributed by atoms with E-state index in [1.807, 2.05) is 55.5 Å². The Balaban J connectivity index is 1.89. The van der Waals surface area contributed by atoms with Gasteiger partial charge in [0.25, 0.3) is 0 Å². The standard InChI is InChI=1S/C26H28F3N3O2/c1-17-9-12-20(15-22(17)34-3)21(13-10-18-11-14-23(31-16-18)26(27,28)29)32-24(25(33)30-2)19-7-5-4-6-8-19/h4-9,11-12,14-16,21,24,32H,10,13H2,1-3H3,(H,30,33)/t21-,24-/m0/s1. The van der Waals surface area contributed by atoms with Crippen molar-refractivity contribution in [3.05, 3.63) is 94.8 Å². The number of pyridine rings is 1. The third-order valence-corrected chi connectivity index (χ3v) is 5.68. The molecule has 2 atom stereocenters. The van der Waals surface area contributed by atoms with Gasteiger partial charge in [-0.05, 0) is 54.2 Å². The number of hydrogen-bond acceptors (Lipinski definition) is 4. The minimum Gasteiger partial charge on any atom is -0.496 e. The average Bonchev–Trinajstić information content (AvgIpc) is 2.84. The van der Waals surface area contributed by atoms with E-state index in [4.69, 9.17) is 4.74 Å². The molecule has 3 rings (SSSR count). The van der Waals surface area contributed by atoms with Gasteiger partial charge in [0.05, 0.1) is 7.11 Å². The van der Waals surface area contributed by atoms with Crippen LogP contribution < -0.4 is 15.4 Å². The zero-order chi connectivity index (χ0) is 24.7. The number of alkyl halides is 3. The number of carbonyl (C=O) groups excluding carboxylic acids is 1. The summed E-state index contributed by atoms with van der Waals surface area (Å²) in [5, 5.41) is 6.15. The van der Waals surface area contributed by atoms with Crippen LogP contribution >= 0.6 is 0 Å². The minimum atomic E-state index is -4.47. The second-order valence-corrected chi connectivity index (χ2v) is 7.99. The van der Waals surface area contributed by atoms with Gasteiger partial charge >= 0.3 is 6.18 Å². The number of likely N-dealkylation sites (N-methyl/N-ethyl adjacent to an activating group) is 1. The fourth-order valence-electron chi connectivity index (χ4n) is 3.76. The molecule has 8 heteroatoms. The van der Waals surface area contributed by atoms with Crippen LogP contribution in [-0.2, 0) is 17.4 Å². The number of rotatable bonds is 9. The Labute approximate surface area is 197 Å². The van der Waals surface area contributed by atoms with Crippen molar-refractivity contribution in [3.8, 4) is 5.75 Å². The lowest BCUT2D eigenvalue weighted by molar-refractivity contribution is -0.141. The van der Waals surface area contributed by atoms with Crippen molar-refractivity contribution < 1.29 is 22.7 Å². The van der Waals surface area contributed by atoms with Gasteiger partial charge in [0.15, 0.2) is 0 Å². The van der Waals surface area contributed by atoms with Gasteiger partial charge in [-0.25, -0.2) is 0 Å². The number of methoxy groups -OCH3 is 1. The van der Waals surface area contributed by atoms with Crippen LogP contribution in [-0.4, -0.2) is 25.0 Å². The van der Waals surface area contributed by atoms with E-state index in [0.717, 1.165) is 28.5 Å². The number of nitrogens with zero attached hydrogens (tertiary/aromatic N) is 1. The van der Waals surface area contributed by atoms with Crippen LogP contribution in [0, 0.1) is 6.92 Å². The smallest absolute Gasteiger partial charge is 0.433 e. The lowest BCUT2D eigenvalue weighted by Gasteiger charge is -2.26. The number of hydrogen-bond donors (Lipinski definition) is 2. The Hall–Kier alpha value is -3.39. The van der Waals surface area contributed by atoms with E-state index in [9.17, 15) is 18.0 Å². The van der Waals surface area contributed by atoms with Gasteiger partial charge in [-0.15, -0.1) is 0 Å². The fraction of sp³-hybridized carbons (Fsp3) is 0.308. The van der Waals surface area contributed by atoms with Crippen molar-refractivity contribution >= 4 is 5.91 Å². The largest absolute Gasteiger partial charge is 0.496 e. The van der Waals surface area contributed by atoms with Gasteiger partial charge in [0.1, 0.15) is 17.5 Å². The first-order valence-electron chi connectivity index (χ1n) is 10.9. The molecule has 2 N–H and O–H groups in total. The van der Waals surface area contributed by atoms with E-state index in [-0.39, 0.29) is 11.9 Å². The quantitative estimate of drug-likeness (QED) is 0.452. The second-order valence-electron chi connectivity index (χ2n) is 7.99. The molecule has 1 aromatic heterocycles. The summed E-state index contributed by atoms with van der Waals surface area (Å²) in [4.78, 5) is 16.3. The highest BCUT2D eigenvalue weighted by molar-refractivity contribution is 5.83. The second kappa shape index (κ2) is 11.2. The monoisotopic (exact) mass is 471 g/mol. The van der Waals surface area contributed by atoms with Gasteiger partial charge in [-0.2, -0.15) is 13.2 Å². The number of aromatic nitrogens is 1. The zero-order valence-corrected chi connectivity index (χ0v) is 19.3. The minimum absolute atomic E-state index is 0.188. The van der Waals surface area contributed by atoms with Gasteiger partial charge in [-0.1, -0.05) is 48.5 Å². The van der Waals surface area contributed by atoms with Crippen LogP contribution in [0.2, 0.25) is 0 Å². The SMILES string of the molecule is CNC(=O)[C@@H](N[C@@H](CCc1ccc(C(F)(F)F)nc1)c1ccc(C)c(OC)c1)c1ccccc1. The summed E-state index contributed by atoms with van der Waals surface area (Å²) in [6, 6.07) is 16.7. The normalized spacial score (nSPS) is 13.2. The average molecular weight is 472 g/mol. The summed E-state index contributed by atoms with van der Waals surface area (Å²) in [6.07, 6.45) is -2.23. The van der Waals surface area contributed by atoms with Crippen LogP contribution in [0.15, 0.2) is 66.9 Å². The van der Waals surface area contributed by atoms with Crippen molar-refractivity contribution in [3.63, 3.8) is 0 Å². The maximum atomic E-state index is 12.9. The Kier molecular flexibility index (Phi) is 8.28. The summed E-state index contributed by atoms with van der Waals surface area (Å²) < 4.78 is 44.0. The molecule has 0 aliphatic heterocycles. The van der Waals surface area contributed by atoms with Crippen molar-refractivity contribution in [2.24, 2.45) is 0 Å². The highest BCUT2D eigenvalue weighted by atomic mass is 19.4. The molecule has 0 unspecified atom stereocenters. The van der Waals surface area contributed by atoms with Gasteiger partial charge < -0.3 is 10.1 Å². The molecule has 2 aromatic carbocycles. The van der Waals surface area contributed by atoms with Crippen LogP contribution in [0.1, 0.15) is 46.5 Å². The fourth-order valence-corrected chi connectivity index (χ4v) is 3.76. The van der Waals surface area contributed by atoms with Crippen LogP contribution in [0.25, 0.3) is 0 Å². The molecule has 0 aliphatic rings. The molecule has 180 valence electrons. The highest BCUT2D eigenvalue weighted by Gasteiger charge is 2.32. The Morgan fingerprint density at radius 3 is 2.38 bits per heavy atom. The molecule has 3 aromatic rings. The van der Waals surface area contributed by atoms with Gasteiger partial charge in [-0.3, -0.25) is 15.1 Å². The van der Waals surface area contributed by atoms with Gasteiger partial charge in [0, 0.05) is 19.3 Å². The molecule has 0 radical (unpaired) electrons. The highest BCUT2D eigenvalue weighted by Crippen LogP contribution is 2.30. The first-order valence-corrected chi connectivity index (χ1v) is 10.9. The number of ether oxygens (including phenoxy) is 1. The summed E-state index contributed by atoms with van der Waals surface area (Å²) >= 11 is 0. The third kappa shape index (κ3) is 6.35. The van der Waals surface area contributed by atoms with E-state index in [1.165, 1.54) is 12.3 Å². The summed E-state index contributed by atoms with van der Waals surface area (Å²) in [5.41, 5.74) is 2.45. The molecule has 0 saturated carbocycles. The lowest BCUT2D eigenvalue weighted by atomic mass is 9.95. The van der Waals surface area contributed by atoms with E-state index >= 15 is 0 Å². The molecule has 0 aliphatic carbocycles. The number of halogens is 3. The van der Waals surface area contributed by atoms with E-state index < -0.39 is 17.9 Å². The van der Waals surface area contributed by atoms with E-state index in [0.29, 0.717) is 18.4 Å². The molecule has 0 saturated heterocycles. The first kappa shape index (κ1) is 25.2. The van der Waals surface area contributed by atoms with Gasteiger partial charge in [0.2, 0.25) is 5.91 Å². The topological polar surface area (TPSA) is 63.2 Å². The predicted octanol–water partition coefficient (Wildman–Crippen LogP) is 5.17. The first-order chi connectivity index (χ1) is 16.2. The number of nitrogens with one attached hydrogen (secondary N) is 2. The molecular weight excluding hydrogens is 443 g/mol. The lowest BCUT2D eigenvalue weighted by Crippen LogP contribution is -2.38. The summed E-state index contributed by atoms with van der Waals surface area (Å²) in [6.45, 7) is 1.94. The van der Waals surface area contributed by atoms with Crippen molar-refractivity contribution in [1.82, 2.24) is 15.6 Å². The molecule has 1 amide bonds. The maximum absolute atomic E-state index is 12.9. The van der Waals surface area contributed by atoms with Crippen molar-refractivity contribution in [2.75, 3.05) is 14.2 Å². The number of carbonyl (C=O) groups is 1. The molecule has 1 heterocycles. The molecule has 34 heavy (non-hydrogen) atoms. The van der Waals surface area contributed by atoms with E-state index in [1.54, 1.807) is 14.2 Å². The molecular formula is C26H28F3N3O2.